The van der Waals surface area contributed by atoms with Gasteiger partial charge in [-0.05, 0) is 6.07 Å². The van der Waals surface area contributed by atoms with Crippen molar-refractivity contribution in [1.29, 1.82) is 0 Å². The molecular weight excluding hydrogens is 228 g/mol. The fourth-order valence-electron chi connectivity index (χ4n) is 1.85. The molecule has 2 aromatic heterocycles. The molecule has 0 atom stereocenters. The molecule has 0 radical (unpaired) electrons. The third kappa shape index (κ3) is 1.62. The normalized spacial score (nSPS) is 10.7. The Kier molecular flexibility index (Phi) is 2.30. The van der Waals surface area contributed by atoms with Gasteiger partial charge in [0.05, 0.1) is 5.69 Å². The molecule has 3 rings (SSSR count). The van der Waals surface area contributed by atoms with Crippen molar-refractivity contribution in [3.8, 4) is 11.3 Å². The number of primary amides is 1. The topological polar surface area (TPSA) is 73.3 Å². The van der Waals surface area contributed by atoms with Crippen LogP contribution >= 0.6 is 0 Å². The summed E-state index contributed by atoms with van der Waals surface area (Å²) in [5.41, 5.74) is 7.69. The predicted molar refractivity (Wildman–Crippen MR) is 66.9 cm³/mol. The lowest BCUT2D eigenvalue weighted by atomic mass is 10.2. The second-order valence-electron chi connectivity index (χ2n) is 3.85. The van der Waals surface area contributed by atoms with E-state index < -0.39 is 5.91 Å². The van der Waals surface area contributed by atoms with E-state index in [0.29, 0.717) is 5.65 Å². The average molecular weight is 238 g/mol. The van der Waals surface area contributed by atoms with Crippen LogP contribution in [0, 0.1) is 0 Å². The van der Waals surface area contributed by atoms with Crippen LogP contribution in [0.3, 0.4) is 0 Å². The van der Waals surface area contributed by atoms with Crippen LogP contribution in [0.1, 0.15) is 10.6 Å². The Morgan fingerprint density at radius 1 is 1.17 bits per heavy atom. The summed E-state index contributed by atoms with van der Waals surface area (Å²) in [6.45, 7) is 0. The minimum atomic E-state index is -0.572. The number of nitrogens with zero attached hydrogens (tertiary/aromatic N) is 3. The zero-order valence-electron chi connectivity index (χ0n) is 9.45. The van der Waals surface area contributed by atoms with E-state index >= 15 is 0 Å². The molecule has 0 aliphatic rings. The third-order valence-corrected chi connectivity index (χ3v) is 2.67. The highest BCUT2D eigenvalue weighted by Gasteiger charge is 2.10. The first-order valence-electron chi connectivity index (χ1n) is 5.45. The van der Waals surface area contributed by atoms with Crippen LogP contribution < -0.4 is 5.73 Å². The number of aromatic nitrogens is 3. The van der Waals surface area contributed by atoms with E-state index in [9.17, 15) is 4.79 Å². The molecule has 0 fully saturated rings. The fourth-order valence-corrected chi connectivity index (χ4v) is 1.85. The Morgan fingerprint density at radius 3 is 2.67 bits per heavy atom. The van der Waals surface area contributed by atoms with Gasteiger partial charge in [-0.15, -0.1) is 0 Å². The predicted octanol–water partition coefficient (Wildman–Crippen LogP) is 1.50. The Hall–Kier alpha value is -2.69. The molecule has 0 spiro atoms. The standard InChI is InChI=1S/C13H10N4O/c14-12(18)13-15-7-6-11-16-10(8-17(11)13)9-4-2-1-3-5-9/h1-8H,(H2,14,18). The summed E-state index contributed by atoms with van der Waals surface area (Å²) in [6.07, 6.45) is 3.29. The van der Waals surface area contributed by atoms with Crippen LogP contribution in [0.2, 0.25) is 0 Å². The maximum absolute atomic E-state index is 11.3. The van der Waals surface area contributed by atoms with E-state index in [-0.39, 0.29) is 5.82 Å². The van der Waals surface area contributed by atoms with Crippen molar-refractivity contribution < 1.29 is 4.79 Å². The lowest BCUT2D eigenvalue weighted by molar-refractivity contribution is 0.0989. The van der Waals surface area contributed by atoms with Gasteiger partial charge in [0.25, 0.3) is 5.91 Å². The Bertz CT molecular complexity index is 718. The van der Waals surface area contributed by atoms with Gasteiger partial charge in [-0.1, -0.05) is 30.3 Å². The second kappa shape index (κ2) is 3.96. The zero-order valence-corrected chi connectivity index (χ0v) is 9.45. The molecule has 0 bridgehead atoms. The maximum atomic E-state index is 11.3. The number of carbonyl (C=O) groups is 1. The molecule has 2 heterocycles. The van der Waals surface area contributed by atoms with Crippen molar-refractivity contribution in [2.45, 2.75) is 0 Å². The lowest BCUT2D eigenvalue weighted by Crippen LogP contribution is -2.17. The number of amides is 1. The number of hydrogen-bond donors (Lipinski definition) is 1. The maximum Gasteiger partial charge on any atom is 0.285 e. The van der Waals surface area contributed by atoms with Crippen molar-refractivity contribution >= 4 is 11.6 Å². The van der Waals surface area contributed by atoms with Crippen LogP contribution in [0.15, 0.2) is 48.8 Å². The Balaban J connectivity index is 2.23. The summed E-state index contributed by atoms with van der Waals surface area (Å²) in [7, 11) is 0. The van der Waals surface area contributed by atoms with E-state index in [0.717, 1.165) is 11.3 Å². The average Bonchev–Trinajstić information content (AvgIpc) is 2.83. The molecule has 5 heteroatoms. The smallest absolute Gasteiger partial charge is 0.285 e. The molecule has 1 amide bonds. The lowest BCUT2D eigenvalue weighted by Gasteiger charge is -1.97. The summed E-state index contributed by atoms with van der Waals surface area (Å²) >= 11 is 0. The third-order valence-electron chi connectivity index (χ3n) is 2.67. The summed E-state index contributed by atoms with van der Waals surface area (Å²) in [5, 5.41) is 0. The van der Waals surface area contributed by atoms with E-state index in [1.54, 1.807) is 16.7 Å². The van der Waals surface area contributed by atoms with Crippen LogP contribution in [-0.2, 0) is 0 Å². The first-order valence-corrected chi connectivity index (χ1v) is 5.45. The van der Waals surface area contributed by atoms with Gasteiger partial charge < -0.3 is 5.73 Å². The molecule has 0 aliphatic carbocycles. The molecular formula is C13H10N4O. The highest BCUT2D eigenvalue weighted by Crippen LogP contribution is 2.18. The number of nitrogens with two attached hydrogens (primary N) is 1. The van der Waals surface area contributed by atoms with E-state index in [1.165, 1.54) is 6.20 Å². The number of rotatable bonds is 2. The molecule has 2 N–H and O–H groups in total. The fraction of sp³-hybridized carbons (Fsp3) is 0. The number of fused-ring (bicyclic) bond motifs is 1. The summed E-state index contributed by atoms with van der Waals surface area (Å²) in [4.78, 5) is 19.7. The first-order chi connectivity index (χ1) is 8.75. The number of carbonyl (C=O) groups excluding carboxylic acids is 1. The van der Waals surface area contributed by atoms with Crippen LogP contribution in [0.4, 0.5) is 0 Å². The van der Waals surface area contributed by atoms with Crippen molar-refractivity contribution in [2.75, 3.05) is 0 Å². The number of imidazole rings is 1. The number of benzene rings is 1. The molecule has 88 valence electrons. The van der Waals surface area contributed by atoms with Gasteiger partial charge in [0.15, 0.2) is 0 Å². The van der Waals surface area contributed by atoms with Gasteiger partial charge in [-0.2, -0.15) is 0 Å². The molecule has 0 aliphatic heterocycles. The van der Waals surface area contributed by atoms with Gasteiger partial charge in [0.2, 0.25) is 5.82 Å². The molecule has 0 saturated carbocycles. The molecule has 0 unspecified atom stereocenters. The van der Waals surface area contributed by atoms with Crippen molar-refractivity contribution in [1.82, 2.24) is 14.4 Å². The van der Waals surface area contributed by atoms with Gasteiger partial charge in [-0.3, -0.25) is 9.20 Å². The molecule has 18 heavy (non-hydrogen) atoms. The SMILES string of the molecule is NC(=O)c1nccc2nc(-c3ccccc3)cn12. The van der Waals surface area contributed by atoms with Crippen molar-refractivity contribution in [2.24, 2.45) is 5.73 Å². The summed E-state index contributed by atoms with van der Waals surface area (Å²) < 4.78 is 1.60. The van der Waals surface area contributed by atoms with Gasteiger partial charge in [0.1, 0.15) is 5.65 Å². The van der Waals surface area contributed by atoms with Crippen LogP contribution in [-0.4, -0.2) is 20.3 Å². The monoisotopic (exact) mass is 238 g/mol. The minimum Gasteiger partial charge on any atom is -0.363 e. The molecule has 1 aromatic carbocycles. The zero-order chi connectivity index (χ0) is 12.5. The second-order valence-corrected chi connectivity index (χ2v) is 3.85. The van der Waals surface area contributed by atoms with Gasteiger partial charge in [-0.25, -0.2) is 9.97 Å². The molecule has 3 aromatic rings. The van der Waals surface area contributed by atoms with Gasteiger partial charge >= 0.3 is 0 Å². The summed E-state index contributed by atoms with van der Waals surface area (Å²) in [6, 6.07) is 11.5. The van der Waals surface area contributed by atoms with Crippen molar-refractivity contribution in [3.05, 3.63) is 54.6 Å². The van der Waals surface area contributed by atoms with Crippen LogP contribution in [0.25, 0.3) is 16.9 Å². The number of hydrogen-bond acceptors (Lipinski definition) is 3. The van der Waals surface area contributed by atoms with Crippen LogP contribution in [0.5, 0.6) is 0 Å². The Morgan fingerprint density at radius 2 is 1.94 bits per heavy atom. The van der Waals surface area contributed by atoms with E-state index in [4.69, 9.17) is 5.73 Å². The minimum absolute atomic E-state index is 0.183. The first kappa shape index (κ1) is 10.5. The van der Waals surface area contributed by atoms with Gasteiger partial charge in [0, 0.05) is 18.0 Å². The van der Waals surface area contributed by atoms with E-state index in [1.807, 2.05) is 30.3 Å². The molecule has 0 saturated heterocycles. The highest BCUT2D eigenvalue weighted by atomic mass is 16.1. The van der Waals surface area contributed by atoms with E-state index in [2.05, 4.69) is 9.97 Å². The molecule has 5 nitrogen and oxygen atoms in total. The Labute approximate surface area is 103 Å². The quantitative estimate of drug-likeness (QED) is 0.735. The summed E-state index contributed by atoms with van der Waals surface area (Å²) in [5.74, 6) is -0.389. The highest BCUT2D eigenvalue weighted by molar-refractivity contribution is 5.90. The largest absolute Gasteiger partial charge is 0.363 e. The van der Waals surface area contributed by atoms with Crippen molar-refractivity contribution in [3.63, 3.8) is 0 Å².